The number of aromatic nitrogens is 2. The number of halogens is 2. The van der Waals surface area contributed by atoms with Crippen molar-refractivity contribution in [2.45, 2.75) is 25.4 Å². The van der Waals surface area contributed by atoms with Crippen LogP contribution in [0.2, 0.25) is 10.0 Å². The van der Waals surface area contributed by atoms with Gasteiger partial charge in [0.2, 0.25) is 5.91 Å². The SMILES string of the molecule is Cc1nn(C)cc1[C@@H]1C[C@H](C(=O)Nc2ccc(Cl)c(Cl)c2)N(C)S(=O)(=O)N1. The van der Waals surface area contributed by atoms with Crippen molar-refractivity contribution in [3.8, 4) is 0 Å². The highest BCUT2D eigenvalue weighted by atomic mass is 35.5. The third kappa shape index (κ3) is 4.12. The Morgan fingerprint density at radius 2 is 2.00 bits per heavy atom. The minimum Gasteiger partial charge on any atom is -0.325 e. The van der Waals surface area contributed by atoms with E-state index in [4.69, 9.17) is 23.2 Å². The van der Waals surface area contributed by atoms with E-state index < -0.39 is 28.2 Å². The number of nitrogens with one attached hydrogen (secondary N) is 2. The van der Waals surface area contributed by atoms with E-state index >= 15 is 0 Å². The molecule has 1 aliphatic heterocycles. The van der Waals surface area contributed by atoms with E-state index in [1.165, 1.54) is 13.1 Å². The van der Waals surface area contributed by atoms with Crippen LogP contribution in [0.5, 0.6) is 0 Å². The molecule has 0 bridgehead atoms. The van der Waals surface area contributed by atoms with Crippen molar-refractivity contribution in [3.63, 3.8) is 0 Å². The molecule has 0 aliphatic carbocycles. The molecule has 8 nitrogen and oxygen atoms in total. The molecule has 0 radical (unpaired) electrons. The Labute approximate surface area is 167 Å². The summed E-state index contributed by atoms with van der Waals surface area (Å²) in [6.07, 6.45) is 2.01. The first-order valence-corrected chi connectivity index (χ1v) is 10.3. The highest BCUT2D eigenvalue weighted by molar-refractivity contribution is 7.87. The molecule has 11 heteroatoms. The Kier molecular flexibility index (Phi) is 5.51. The summed E-state index contributed by atoms with van der Waals surface area (Å²) in [5.41, 5.74) is 1.88. The summed E-state index contributed by atoms with van der Waals surface area (Å²) in [5.74, 6) is -0.451. The number of amides is 1. The Balaban J connectivity index is 1.86. The number of hydrogen-bond donors (Lipinski definition) is 2. The molecular formula is C16H19Cl2N5O3S. The molecule has 0 saturated carbocycles. The molecule has 1 aliphatic rings. The molecule has 2 heterocycles. The second kappa shape index (κ2) is 7.40. The number of rotatable bonds is 3. The topological polar surface area (TPSA) is 96.3 Å². The first-order chi connectivity index (χ1) is 12.6. The van der Waals surface area contributed by atoms with E-state index in [2.05, 4.69) is 15.1 Å². The zero-order valence-electron chi connectivity index (χ0n) is 14.9. The summed E-state index contributed by atoms with van der Waals surface area (Å²) in [4.78, 5) is 12.8. The maximum Gasteiger partial charge on any atom is 0.280 e. The van der Waals surface area contributed by atoms with Gasteiger partial charge in [-0.25, -0.2) is 0 Å². The maximum atomic E-state index is 12.8. The molecule has 1 saturated heterocycles. The van der Waals surface area contributed by atoms with Gasteiger partial charge in [0.15, 0.2) is 0 Å². The number of carbonyl (C=O) groups is 1. The van der Waals surface area contributed by atoms with Crippen molar-refractivity contribution >= 4 is 45.0 Å². The fraction of sp³-hybridized carbons (Fsp3) is 0.375. The lowest BCUT2D eigenvalue weighted by Gasteiger charge is -2.36. The van der Waals surface area contributed by atoms with Crippen LogP contribution >= 0.6 is 23.2 Å². The van der Waals surface area contributed by atoms with Gasteiger partial charge in [0.05, 0.1) is 21.8 Å². The Morgan fingerprint density at radius 3 is 2.59 bits per heavy atom. The van der Waals surface area contributed by atoms with Gasteiger partial charge in [0.1, 0.15) is 6.04 Å². The van der Waals surface area contributed by atoms with Gasteiger partial charge in [-0.1, -0.05) is 23.2 Å². The summed E-state index contributed by atoms with van der Waals surface area (Å²) >= 11 is 11.9. The van der Waals surface area contributed by atoms with Crippen LogP contribution in [-0.4, -0.2) is 41.5 Å². The minimum absolute atomic E-state index is 0.259. The molecule has 2 atom stereocenters. The summed E-state index contributed by atoms with van der Waals surface area (Å²) in [6, 6.07) is 3.23. The normalized spacial score (nSPS) is 22.6. The average molecular weight is 432 g/mol. The quantitative estimate of drug-likeness (QED) is 0.778. The van der Waals surface area contributed by atoms with Gasteiger partial charge in [-0.2, -0.15) is 22.5 Å². The van der Waals surface area contributed by atoms with Crippen LogP contribution < -0.4 is 10.0 Å². The van der Waals surface area contributed by atoms with Crippen LogP contribution in [0.3, 0.4) is 0 Å². The smallest absolute Gasteiger partial charge is 0.280 e. The molecule has 1 aromatic heterocycles. The molecule has 3 rings (SSSR count). The summed E-state index contributed by atoms with van der Waals surface area (Å²) in [6.45, 7) is 1.80. The highest BCUT2D eigenvalue weighted by Crippen LogP contribution is 2.30. The summed E-state index contributed by atoms with van der Waals surface area (Å²) in [5, 5.41) is 7.61. The zero-order valence-corrected chi connectivity index (χ0v) is 17.2. The van der Waals surface area contributed by atoms with Crippen LogP contribution in [-0.2, 0) is 22.1 Å². The van der Waals surface area contributed by atoms with E-state index in [0.29, 0.717) is 21.4 Å². The number of carbonyl (C=O) groups excluding carboxylic acids is 1. The molecule has 0 spiro atoms. The summed E-state index contributed by atoms with van der Waals surface area (Å²) in [7, 11) is -0.702. The molecule has 2 N–H and O–H groups in total. The predicted molar refractivity (Wildman–Crippen MR) is 104 cm³/mol. The van der Waals surface area contributed by atoms with Crippen molar-refractivity contribution in [1.29, 1.82) is 0 Å². The maximum absolute atomic E-state index is 12.8. The predicted octanol–water partition coefficient (Wildman–Crippen LogP) is 2.25. The zero-order chi connectivity index (χ0) is 19.9. The van der Waals surface area contributed by atoms with Crippen LogP contribution in [0.25, 0.3) is 0 Å². The Hall–Kier alpha value is -1.65. The monoisotopic (exact) mass is 431 g/mol. The molecule has 146 valence electrons. The first-order valence-electron chi connectivity index (χ1n) is 8.10. The van der Waals surface area contributed by atoms with Gasteiger partial charge >= 0.3 is 0 Å². The van der Waals surface area contributed by atoms with E-state index in [1.54, 1.807) is 37.0 Å². The Bertz CT molecular complexity index is 992. The fourth-order valence-corrected chi connectivity index (χ4v) is 4.64. The van der Waals surface area contributed by atoms with Gasteiger partial charge in [-0.15, -0.1) is 0 Å². The first kappa shape index (κ1) is 20.1. The number of benzene rings is 1. The fourth-order valence-electron chi connectivity index (χ4n) is 3.07. The molecule has 1 amide bonds. The van der Waals surface area contributed by atoms with Crippen molar-refractivity contribution in [2.24, 2.45) is 7.05 Å². The number of likely N-dealkylation sites (N-methyl/N-ethyl adjacent to an activating group) is 1. The van der Waals surface area contributed by atoms with Crippen LogP contribution in [0.1, 0.15) is 23.7 Å². The molecule has 2 aromatic rings. The number of anilines is 1. The second-order valence-electron chi connectivity index (χ2n) is 6.40. The third-order valence-electron chi connectivity index (χ3n) is 4.48. The number of nitrogens with zero attached hydrogens (tertiary/aromatic N) is 3. The minimum atomic E-state index is -3.83. The lowest BCUT2D eigenvalue weighted by molar-refractivity contribution is -0.120. The number of aryl methyl sites for hydroxylation is 2. The second-order valence-corrected chi connectivity index (χ2v) is 8.98. The molecular weight excluding hydrogens is 413 g/mol. The molecule has 0 unspecified atom stereocenters. The van der Waals surface area contributed by atoms with Gasteiger partial charge < -0.3 is 5.32 Å². The largest absolute Gasteiger partial charge is 0.325 e. The van der Waals surface area contributed by atoms with E-state index in [-0.39, 0.29) is 6.42 Å². The van der Waals surface area contributed by atoms with Gasteiger partial charge in [0.25, 0.3) is 10.2 Å². The molecule has 1 aromatic carbocycles. The van der Waals surface area contributed by atoms with Crippen LogP contribution in [0, 0.1) is 6.92 Å². The van der Waals surface area contributed by atoms with Crippen LogP contribution in [0.4, 0.5) is 5.69 Å². The highest BCUT2D eigenvalue weighted by Gasteiger charge is 2.41. The summed E-state index contributed by atoms with van der Waals surface area (Å²) < 4.78 is 30.3. The van der Waals surface area contributed by atoms with Crippen LogP contribution in [0.15, 0.2) is 24.4 Å². The lowest BCUT2D eigenvalue weighted by Crippen LogP contribution is -2.56. The van der Waals surface area contributed by atoms with Crippen molar-refractivity contribution < 1.29 is 13.2 Å². The molecule has 1 fully saturated rings. The molecule has 27 heavy (non-hydrogen) atoms. The van der Waals surface area contributed by atoms with E-state index in [9.17, 15) is 13.2 Å². The van der Waals surface area contributed by atoms with E-state index in [0.717, 1.165) is 9.87 Å². The standard InChI is InChI=1S/C16H19Cl2N5O3S/c1-9-11(8-22(2)20-9)14-7-15(23(3)27(25,26)21-14)16(24)19-10-4-5-12(17)13(18)6-10/h4-6,8,14-15,21H,7H2,1-3H3,(H,19,24)/t14-,15+/m0/s1. The van der Waals surface area contributed by atoms with Crippen molar-refractivity contribution in [3.05, 3.63) is 45.7 Å². The number of hydrogen-bond acceptors (Lipinski definition) is 4. The van der Waals surface area contributed by atoms with Gasteiger partial charge in [-0.3, -0.25) is 9.48 Å². The van der Waals surface area contributed by atoms with Gasteiger partial charge in [0, 0.05) is 31.5 Å². The van der Waals surface area contributed by atoms with Crippen molar-refractivity contribution in [1.82, 2.24) is 18.8 Å². The average Bonchev–Trinajstić information content (AvgIpc) is 2.91. The van der Waals surface area contributed by atoms with Gasteiger partial charge in [-0.05, 0) is 31.5 Å². The third-order valence-corrected chi connectivity index (χ3v) is 6.82. The lowest BCUT2D eigenvalue weighted by atomic mass is 10.00. The Morgan fingerprint density at radius 1 is 1.30 bits per heavy atom. The van der Waals surface area contributed by atoms with E-state index in [1.807, 2.05) is 0 Å². The van der Waals surface area contributed by atoms with Crippen molar-refractivity contribution in [2.75, 3.05) is 12.4 Å².